The smallest absolute Gasteiger partial charge is 0.296 e. The first-order chi connectivity index (χ1) is 11.8. The Morgan fingerprint density at radius 1 is 1.44 bits per heavy atom. The molecular formula is C15H16F2N4O4. The molecule has 0 aliphatic carbocycles. The van der Waals surface area contributed by atoms with Crippen molar-refractivity contribution >= 4 is 17.3 Å². The van der Waals surface area contributed by atoms with Gasteiger partial charge in [0.2, 0.25) is 5.91 Å². The number of hydrogen-bond donors (Lipinski definition) is 1. The Kier molecular flexibility index (Phi) is 5.63. The Morgan fingerprint density at radius 3 is 2.76 bits per heavy atom. The minimum Gasteiger partial charge on any atom is -0.494 e. The maximum Gasteiger partial charge on any atom is 0.296 e. The molecule has 0 unspecified atom stereocenters. The van der Waals surface area contributed by atoms with Crippen LogP contribution in [-0.2, 0) is 11.3 Å². The number of ether oxygens (including phenoxy) is 1. The van der Waals surface area contributed by atoms with Crippen molar-refractivity contribution in [2.75, 3.05) is 11.9 Å². The third-order valence-corrected chi connectivity index (χ3v) is 3.20. The normalized spacial score (nSPS) is 10.8. The summed E-state index contributed by atoms with van der Waals surface area (Å²) in [5.41, 5.74) is -0.463. The lowest BCUT2D eigenvalue weighted by Crippen LogP contribution is -2.21. The van der Waals surface area contributed by atoms with Gasteiger partial charge in [0.1, 0.15) is 23.7 Å². The maximum atomic E-state index is 12.9. The lowest BCUT2D eigenvalue weighted by molar-refractivity contribution is -0.384. The minimum absolute atomic E-state index is 0.0547. The van der Waals surface area contributed by atoms with Crippen LogP contribution < -0.4 is 10.1 Å². The number of aryl methyl sites for hydroxylation is 1. The molecule has 0 spiro atoms. The molecule has 0 aliphatic rings. The highest BCUT2D eigenvalue weighted by atomic mass is 19.3. The number of nitrogens with zero attached hydrogens (tertiary/aromatic N) is 3. The van der Waals surface area contributed by atoms with Gasteiger partial charge < -0.3 is 10.1 Å². The summed E-state index contributed by atoms with van der Waals surface area (Å²) in [6.45, 7) is 3.10. The summed E-state index contributed by atoms with van der Waals surface area (Å²) in [6, 6.07) is 5.15. The third kappa shape index (κ3) is 4.49. The molecule has 1 amide bonds. The second-order valence-corrected chi connectivity index (χ2v) is 5.09. The van der Waals surface area contributed by atoms with E-state index in [-0.39, 0.29) is 17.1 Å². The summed E-state index contributed by atoms with van der Waals surface area (Å²) in [4.78, 5) is 22.6. The van der Waals surface area contributed by atoms with Gasteiger partial charge in [-0.3, -0.25) is 19.6 Å². The van der Waals surface area contributed by atoms with Crippen molar-refractivity contribution in [3.8, 4) is 5.75 Å². The number of rotatable bonds is 7. The van der Waals surface area contributed by atoms with Gasteiger partial charge in [0, 0.05) is 0 Å². The first-order valence-electron chi connectivity index (χ1n) is 7.35. The molecule has 10 heteroatoms. The predicted octanol–water partition coefficient (Wildman–Crippen LogP) is 3.07. The molecule has 2 rings (SSSR count). The SMILES string of the molecule is CCOc1ccc(NC(=O)Cn2nc(C)cc2C(F)F)c([N+](=O)[O-])c1. The number of hydrogen-bond acceptors (Lipinski definition) is 5. The predicted molar refractivity (Wildman–Crippen MR) is 84.8 cm³/mol. The summed E-state index contributed by atoms with van der Waals surface area (Å²) < 4.78 is 31.9. The average molecular weight is 354 g/mol. The number of benzene rings is 1. The quantitative estimate of drug-likeness (QED) is 0.608. The number of carbonyl (C=O) groups is 1. The number of anilines is 1. The van der Waals surface area contributed by atoms with Crippen molar-refractivity contribution < 1.29 is 23.2 Å². The molecule has 0 aliphatic heterocycles. The van der Waals surface area contributed by atoms with Crippen molar-refractivity contribution in [3.05, 3.63) is 45.8 Å². The molecule has 1 aromatic heterocycles. The van der Waals surface area contributed by atoms with Crippen LogP contribution in [0.5, 0.6) is 5.75 Å². The first-order valence-corrected chi connectivity index (χ1v) is 7.35. The summed E-state index contributed by atoms with van der Waals surface area (Å²) in [7, 11) is 0. The van der Waals surface area contributed by atoms with Crippen LogP contribution in [0, 0.1) is 17.0 Å². The topological polar surface area (TPSA) is 99.3 Å². The molecule has 0 saturated carbocycles. The largest absolute Gasteiger partial charge is 0.494 e. The molecule has 2 aromatic rings. The highest BCUT2D eigenvalue weighted by Crippen LogP contribution is 2.29. The monoisotopic (exact) mass is 354 g/mol. The average Bonchev–Trinajstić information content (AvgIpc) is 2.89. The van der Waals surface area contributed by atoms with Crippen LogP contribution in [0.2, 0.25) is 0 Å². The van der Waals surface area contributed by atoms with Crippen molar-refractivity contribution in [2.45, 2.75) is 26.8 Å². The van der Waals surface area contributed by atoms with Crippen LogP contribution >= 0.6 is 0 Å². The molecular weight excluding hydrogens is 338 g/mol. The number of halogens is 2. The Labute approximate surface area is 141 Å². The van der Waals surface area contributed by atoms with Crippen LogP contribution in [0.4, 0.5) is 20.2 Å². The number of aromatic nitrogens is 2. The number of nitro benzene ring substituents is 1. The van der Waals surface area contributed by atoms with E-state index in [1.165, 1.54) is 31.2 Å². The van der Waals surface area contributed by atoms with Crippen molar-refractivity contribution in [1.82, 2.24) is 9.78 Å². The lowest BCUT2D eigenvalue weighted by Gasteiger charge is -2.10. The highest BCUT2D eigenvalue weighted by Gasteiger charge is 2.20. The molecule has 134 valence electrons. The van der Waals surface area contributed by atoms with Gasteiger partial charge in [-0.1, -0.05) is 0 Å². The van der Waals surface area contributed by atoms with Gasteiger partial charge >= 0.3 is 0 Å². The van der Waals surface area contributed by atoms with Gasteiger partial charge in [-0.25, -0.2) is 8.78 Å². The fourth-order valence-corrected chi connectivity index (χ4v) is 2.22. The number of alkyl halides is 2. The Balaban J connectivity index is 2.19. The molecule has 1 aromatic carbocycles. The van der Waals surface area contributed by atoms with Crippen molar-refractivity contribution in [3.63, 3.8) is 0 Å². The molecule has 1 N–H and O–H groups in total. The van der Waals surface area contributed by atoms with E-state index < -0.39 is 29.5 Å². The van der Waals surface area contributed by atoms with E-state index in [1.807, 2.05) is 0 Å². The zero-order valence-corrected chi connectivity index (χ0v) is 13.5. The fourth-order valence-electron chi connectivity index (χ4n) is 2.22. The molecule has 0 radical (unpaired) electrons. The van der Waals surface area contributed by atoms with E-state index in [9.17, 15) is 23.7 Å². The Hall–Kier alpha value is -3.04. The van der Waals surface area contributed by atoms with E-state index in [2.05, 4.69) is 10.4 Å². The van der Waals surface area contributed by atoms with Gasteiger partial charge in [-0.05, 0) is 32.0 Å². The van der Waals surface area contributed by atoms with Crippen LogP contribution in [0.25, 0.3) is 0 Å². The summed E-state index contributed by atoms with van der Waals surface area (Å²) in [5.74, 6) is -0.424. The second-order valence-electron chi connectivity index (χ2n) is 5.09. The zero-order chi connectivity index (χ0) is 18.6. The Bertz CT molecular complexity index is 792. The van der Waals surface area contributed by atoms with E-state index in [4.69, 9.17) is 4.74 Å². The number of nitro groups is 1. The fraction of sp³-hybridized carbons (Fsp3) is 0.333. The number of amides is 1. The maximum absolute atomic E-state index is 12.9. The minimum atomic E-state index is -2.78. The second kappa shape index (κ2) is 7.69. The highest BCUT2D eigenvalue weighted by molar-refractivity contribution is 5.93. The molecule has 8 nitrogen and oxygen atoms in total. The van der Waals surface area contributed by atoms with E-state index >= 15 is 0 Å². The third-order valence-electron chi connectivity index (χ3n) is 3.20. The van der Waals surface area contributed by atoms with E-state index in [0.717, 1.165) is 4.68 Å². The van der Waals surface area contributed by atoms with Crippen molar-refractivity contribution in [2.24, 2.45) is 0 Å². The van der Waals surface area contributed by atoms with Gasteiger partial charge in [0.15, 0.2) is 0 Å². The summed E-state index contributed by atoms with van der Waals surface area (Å²) in [6.07, 6.45) is -2.78. The number of carbonyl (C=O) groups excluding carboxylic acids is 1. The van der Waals surface area contributed by atoms with Gasteiger partial charge in [0.05, 0.1) is 23.3 Å². The van der Waals surface area contributed by atoms with Crippen LogP contribution in [0.3, 0.4) is 0 Å². The van der Waals surface area contributed by atoms with Gasteiger partial charge in [-0.15, -0.1) is 0 Å². The van der Waals surface area contributed by atoms with E-state index in [0.29, 0.717) is 12.3 Å². The van der Waals surface area contributed by atoms with Crippen molar-refractivity contribution in [1.29, 1.82) is 0 Å². The summed E-state index contributed by atoms with van der Waals surface area (Å²) >= 11 is 0. The molecule has 0 bridgehead atoms. The van der Waals surface area contributed by atoms with E-state index in [1.54, 1.807) is 6.92 Å². The van der Waals surface area contributed by atoms with Crippen LogP contribution in [0.1, 0.15) is 24.7 Å². The van der Waals surface area contributed by atoms with Gasteiger partial charge in [0.25, 0.3) is 12.1 Å². The van der Waals surface area contributed by atoms with Gasteiger partial charge in [-0.2, -0.15) is 5.10 Å². The molecule has 25 heavy (non-hydrogen) atoms. The zero-order valence-electron chi connectivity index (χ0n) is 13.5. The lowest BCUT2D eigenvalue weighted by atomic mass is 10.2. The standard InChI is InChI=1S/C15H16F2N4O4/c1-3-25-10-4-5-11(12(7-10)21(23)24)18-14(22)8-20-13(15(16)17)6-9(2)19-20/h4-7,15H,3,8H2,1-2H3,(H,18,22). The summed E-state index contributed by atoms with van der Waals surface area (Å²) in [5, 5.41) is 17.3. The first kappa shape index (κ1) is 18.3. The van der Waals surface area contributed by atoms with Crippen LogP contribution in [0.15, 0.2) is 24.3 Å². The molecule has 1 heterocycles. The molecule has 0 saturated heterocycles. The molecule has 0 fully saturated rings. The number of nitrogens with one attached hydrogen (secondary N) is 1. The van der Waals surface area contributed by atoms with Crippen LogP contribution in [-0.4, -0.2) is 27.2 Å². The Morgan fingerprint density at radius 2 is 2.16 bits per heavy atom. The molecule has 0 atom stereocenters.